The minimum Gasteiger partial charge on any atom is -0.356 e. The Balaban J connectivity index is 2.40. The molecule has 0 aromatic rings. The first-order valence-corrected chi connectivity index (χ1v) is 9.92. The van der Waals surface area contributed by atoms with Crippen LogP contribution in [-0.2, 0) is 4.79 Å². The van der Waals surface area contributed by atoms with E-state index in [0.717, 1.165) is 12.5 Å². The normalized spacial score (nSPS) is 18.1. The van der Waals surface area contributed by atoms with Crippen molar-refractivity contribution in [1.29, 1.82) is 0 Å². The number of aliphatic imine (C=N–C) groups is 1. The van der Waals surface area contributed by atoms with Gasteiger partial charge in [0.1, 0.15) is 0 Å². The molecule has 1 unspecified atom stereocenters. The predicted octanol–water partition coefficient (Wildman–Crippen LogP) is 1.97. The van der Waals surface area contributed by atoms with Crippen molar-refractivity contribution in [3.05, 3.63) is 0 Å². The molecule has 146 valence electrons. The smallest absolute Gasteiger partial charge is 0.221 e. The fourth-order valence-corrected chi connectivity index (χ4v) is 3.32. The number of amides is 1. The lowest BCUT2D eigenvalue weighted by Gasteiger charge is -2.34. The lowest BCUT2D eigenvalue weighted by atomic mass is 10.0. The molecule has 0 bridgehead atoms. The lowest BCUT2D eigenvalue weighted by molar-refractivity contribution is -0.121. The number of nitrogens with one attached hydrogen (secondary N) is 3. The molecule has 0 aromatic heterocycles. The fourth-order valence-electron chi connectivity index (χ4n) is 3.32. The summed E-state index contributed by atoms with van der Waals surface area (Å²) >= 11 is 0. The molecule has 0 spiro atoms. The minimum atomic E-state index is 0.0718. The van der Waals surface area contributed by atoms with Crippen molar-refractivity contribution in [2.24, 2.45) is 10.9 Å². The van der Waals surface area contributed by atoms with Crippen molar-refractivity contribution >= 4 is 11.9 Å². The first-order valence-electron chi connectivity index (χ1n) is 9.92. The zero-order chi connectivity index (χ0) is 18.7. The number of carbonyl (C=O) groups is 1. The van der Waals surface area contributed by atoms with Crippen molar-refractivity contribution in [1.82, 2.24) is 20.9 Å². The molecular formula is C19H39N5O. The third-order valence-corrected chi connectivity index (χ3v) is 4.68. The highest BCUT2D eigenvalue weighted by atomic mass is 16.1. The zero-order valence-corrected chi connectivity index (χ0v) is 16.9. The Labute approximate surface area is 154 Å². The number of carbonyl (C=O) groups excluding carboxylic acids is 1. The molecule has 1 rings (SSSR count). The number of hydrogen-bond acceptors (Lipinski definition) is 3. The molecule has 6 nitrogen and oxygen atoms in total. The number of hydrogen-bond donors (Lipinski definition) is 3. The van der Waals surface area contributed by atoms with E-state index < -0.39 is 0 Å². The summed E-state index contributed by atoms with van der Waals surface area (Å²) in [6.07, 6.45) is 5.79. The topological polar surface area (TPSA) is 68.8 Å². The van der Waals surface area contributed by atoms with Crippen molar-refractivity contribution in [2.45, 2.75) is 71.9 Å². The Hall–Kier alpha value is -1.30. The van der Waals surface area contributed by atoms with Gasteiger partial charge in [0.05, 0.1) is 0 Å². The molecule has 1 fully saturated rings. The van der Waals surface area contributed by atoms with Crippen molar-refractivity contribution in [3.8, 4) is 0 Å². The Kier molecular flexibility index (Phi) is 10.5. The molecule has 0 radical (unpaired) electrons. The van der Waals surface area contributed by atoms with Gasteiger partial charge in [-0.1, -0.05) is 26.7 Å². The van der Waals surface area contributed by atoms with E-state index in [0.29, 0.717) is 24.9 Å². The summed E-state index contributed by atoms with van der Waals surface area (Å²) < 4.78 is 0. The second-order valence-electron chi connectivity index (χ2n) is 7.61. The van der Waals surface area contributed by atoms with Crippen molar-refractivity contribution < 1.29 is 4.79 Å². The van der Waals surface area contributed by atoms with Crippen LogP contribution in [0.25, 0.3) is 0 Å². The van der Waals surface area contributed by atoms with Crippen LogP contribution in [0.3, 0.4) is 0 Å². The van der Waals surface area contributed by atoms with E-state index >= 15 is 0 Å². The van der Waals surface area contributed by atoms with E-state index in [9.17, 15) is 4.79 Å². The average Bonchev–Trinajstić information content (AvgIpc) is 2.81. The monoisotopic (exact) mass is 353 g/mol. The predicted molar refractivity (Wildman–Crippen MR) is 106 cm³/mol. The lowest BCUT2D eigenvalue weighted by Crippen LogP contribution is -2.50. The molecule has 0 aliphatic carbocycles. The third kappa shape index (κ3) is 9.10. The summed E-state index contributed by atoms with van der Waals surface area (Å²) in [4.78, 5) is 18.6. The largest absolute Gasteiger partial charge is 0.356 e. The van der Waals surface area contributed by atoms with E-state index in [4.69, 9.17) is 0 Å². The molecule has 1 heterocycles. The molecule has 0 aromatic carbocycles. The summed E-state index contributed by atoms with van der Waals surface area (Å²) in [5.74, 6) is 1.45. The highest BCUT2D eigenvalue weighted by Crippen LogP contribution is 2.16. The first kappa shape index (κ1) is 21.7. The van der Waals surface area contributed by atoms with Gasteiger partial charge in [0.15, 0.2) is 5.96 Å². The molecule has 1 saturated heterocycles. The van der Waals surface area contributed by atoms with E-state index in [2.05, 4.69) is 39.7 Å². The van der Waals surface area contributed by atoms with Crippen LogP contribution < -0.4 is 16.0 Å². The van der Waals surface area contributed by atoms with Gasteiger partial charge in [-0.2, -0.15) is 0 Å². The molecule has 25 heavy (non-hydrogen) atoms. The maximum Gasteiger partial charge on any atom is 0.221 e. The van der Waals surface area contributed by atoms with Crippen LogP contribution in [0.1, 0.15) is 59.8 Å². The molecule has 1 aliphatic heterocycles. The van der Waals surface area contributed by atoms with Gasteiger partial charge >= 0.3 is 0 Å². The first-order chi connectivity index (χ1) is 11.9. The minimum absolute atomic E-state index is 0.0718. The summed E-state index contributed by atoms with van der Waals surface area (Å²) in [5.41, 5.74) is 0. The molecule has 3 N–H and O–H groups in total. The van der Waals surface area contributed by atoms with Gasteiger partial charge < -0.3 is 16.0 Å². The number of rotatable bonds is 8. The SMILES string of the molecule is CN=C(NCCC(=O)NC(C)C)NCC(C(C)C)N1CCCCCC1. The van der Waals surface area contributed by atoms with Gasteiger partial charge in [-0.05, 0) is 45.7 Å². The second-order valence-corrected chi connectivity index (χ2v) is 7.61. The van der Waals surface area contributed by atoms with Crippen molar-refractivity contribution in [3.63, 3.8) is 0 Å². The molecule has 6 heteroatoms. The Bertz CT molecular complexity index is 401. The van der Waals surface area contributed by atoms with Crippen LogP contribution in [0.4, 0.5) is 0 Å². The summed E-state index contributed by atoms with van der Waals surface area (Å²) in [5, 5.41) is 9.59. The van der Waals surface area contributed by atoms with E-state index in [-0.39, 0.29) is 11.9 Å². The number of likely N-dealkylation sites (tertiary alicyclic amines) is 1. The maximum absolute atomic E-state index is 11.7. The van der Waals surface area contributed by atoms with Crippen LogP contribution in [0.2, 0.25) is 0 Å². The van der Waals surface area contributed by atoms with Gasteiger partial charge in [-0.25, -0.2) is 0 Å². The van der Waals surface area contributed by atoms with Crippen LogP contribution in [0, 0.1) is 5.92 Å². The Morgan fingerprint density at radius 2 is 1.68 bits per heavy atom. The van der Waals surface area contributed by atoms with E-state index in [1.54, 1.807) is 7.05 Å². The molecule has 0 saturated carbocycles. The highest BCUT2D eigenvalue weighted by molar-refractivity contribution is 5.81. The summed E-state index contributed by atoms with van der Waals surface area (Å²) in [6.45, 7) is 12.4. The molecular weight excluding hydrogens is 314 g/mol. The zero-order valence-electron chi connectivity index (χ0n) is 16.9. The maximum atomic E-state index is 11.7. The second kappa shape index (κ2) is 12.1. The van der Waals surface area contributed by atoms with Crippen LogP contribution in [-0.4, -0.2) is 62.1 Å². The summed E-state index contributed by atoms with van der Waals surface area (Å²) in [7, 11) is 1.78. The van der Waals surface area contributed by atoms with Crippen LogP contribution >= 0.6 is 0 Å². The van der Waals surface area contributed by atoms with Gasteiger partial charge in [0.25, 0.3) is 0 Å². The average molecular weight is 354 g/mol. The molecule has 1 aliphatic rings. The molecule has 1 atom stereocenters. The summed E-state index contributed by atoms with van der Waals surface area (Å²) in [6, 6.07) is 0.700. The van der Waals surface area contributed by atoms with E-state index in [1.807, 2.05) is 13.8 Å². The van der Waals surface area contributed by atoms with Gasteiger partial charge in [0.2, 0.25) is 5.91 Å². The van der Waals surface area contributed by atoms with Crippen LogP contribution in [0.15, 0.2) is 4.99 Å². The Morgan fingerprint density at radius 3 is 2.20 bits per heavy atom. The third-order valence-electron chi connectivity index (χ3n) is 4.68. The van der Waals surface area contributed by atoms with Crippen molar-refractivity contribution in [2.75, 3.05) is 33.2 Å². The van der Waals surface area contributed by atoms with Gasteiger partial charge in [0, 0.05) is 38.6 Å². The van der Waals surface area contributed by atoms with Crippen LogP contribution in [0.5, 0.6) is 0 Å². The fraction of sp³-hybridized carbons (Fsp3) is 0.895. The number of guanidine groups is 1. The standard InChI is InChI=1S/C19H39N5O/c1-15(2)17(24-12-8-6-7-9-13-24)14-22-19(20-5)21-11-10-18(25)23-16(3)4/h15-17H,6-14H2,1-5H3,(H,23,25)(H2,20,21,22). The van der Waals surface area contributed by atoms with E-state index in [1.165, 1.54) is 38.8 Å². The highest BCUT2D eigenvalue weighted by Gasteiger charge is 2.22. The van der Waals surface area contributed by atoms with Gasteiger partial charge in [-0.3, -0.25) is 14.7 Å². The quantitative estimate of drug-likeness (QED) is 0.461. The number of nitrogens with zero attached hydrogens (tertiary/aromatic N) is 2. The van der Waals surface area contributed by atoms with Gasteiger partial charge in [-0.15, -0.1) is 0 Å². The Morgan fingerprint density at radius 1 is 1.04 bits per heavy atom. The molecule has 1 amide bonds.